The summed E-state index contributed by atoms with van der Waals surface area (Å²) < 4.78 is 41.2. The van der Waals surface area contributed by atoms with Crippen molar-refractivity contribution in [2.75, 3.05) is 26.2 Å². The molecule has 22 heavy (non-hydrogen) atoms. The fraction of sp³-hybridized carbons (Fsp3) is 0.600. The highest BCUT2D eigenvalue weighted by Crippen LogP contribution is 2.41. The molecule has 0 bridgehead atoms. The second kappa shape index (κ2) is 8.39. The quantitative estimate of drug-likeness (QED) is 0.884. The number of nitrogens with one attached hydrogen (secondary N) is 1. The molecule has 1 saturated carbocycles. The van der Waals surface area contributed by atoms with Crippen molar-refractivity contribution in [1.29, 1.82) is 0 Å². The highest BCUT2D eigenvalue weighted by Gasteiger charge is 2.33. The van der Waals surface area contributed by atoms with Gasteiger partial charge in [0.05, 0.1) is 0 Å². The monoisotopic (exact) mass is 356 g/mol. The van der Waals surface area contributed by atoms with Crippen LogP contribution in [0.1, 0.15) is 30.9 Å². The molecule has 1 saturated heterocycles. The summed E-state index contributed by atoms with van der Waals surface area (Å²) in [5.74, 6) is -1.81. The van der Waals surface area contributed by atoms with Gasteiger partial charge in [0, 0.05) is 49.9 Å². The van der Waals surface area contributed by atoms with Gasteiger partial charge >= 0.3 is 0 Å². The molecule has 1 aromatic carbocycles. The number of benzene rings is 1. The van der Waals surface area contributed by atoms with Gasteiger partial charge in [0.25, 0.3) is 0 Å². The normalized spacial score (nSPS) is 20.0. The summed E-state index contributed by atoms with van der Waals surface area (Å²) in [4.78, 5) is 2.12. The molecular weight excluding hydrogens is 336 g/mol. The van der Waals surface area contributed by atoms with Gasteiger partial charge in [-0.2, -0.15) is 0 Å². The molecule has 3 rings (SSSR count). The standard InChI is InChI=1S/C15H19F3N2.2ClH/c16-11-8-12(17)15(13(18)9-11)14(7-10-1-2-10)20-5-3-19-4-6-20;;/h8-10,14,19H,1-7H2;2*1H/t14-;;/m0../s1. The molecular formula is C15H21Cl2F3N2. The van der Waals surface area contributed by atoms with Crippen molar-refractivity contribution in [3.05, 3.63) is 35.1 Å². The number of rotatable bonds is 4. The van der Waals surface area contributed by atoms with Gasteiger partial charge in [0.2, 0.25) is 0 Å². The summed E-state index contributed by atoms with van der Waals surface area (Å²) >= 11 is 0. The minimum atomic E-state index is -0.853. The molecule has 126 valence electrons. The number of piperazine rings is 1. The third kappa shape index (κ3) is 4.51. The molecule has 1 N–H and O–H groups in total. The Morgan fingerprint density at radius 1 is 1.05 bits per heavy atom. The molecule has 0 amide bonds. The van der Waals surface area contributed by atoms with E-state index in [9.17, 15) is 13.2 Å². The van der Waals surface area contributed by atoms with Gasteiger partial charge in [-0.1, -0.05) is 12.8 Å². The molecule has 7 heteroatoms. The van der Waals surface area contributed by atoms with Crippen LogP contribution in [0.25, 0.3) is 0 Å². The Labute approximate surface area is 141 Å². The maximum absolute atomic E-state index is 14.1. The maximum atomic E-state index is 14.1. The van der Waals surface area contributed by atoms with Crippen molar-refractivity contribution in [3.63, 3.8) is 0 Å². The van der Waals surface area contributed by atoms with Crippen molar-refractivity contribution < 1.29 is 13.2 Å². The molecule has 2 fully saturated rings. The van der Waals surface area contributed by atoms with Crippen LogP contribution in [-0.2, 0) is 0 Å². The first-order valence-corrected chi connectivity index (χ1v) is 7.24. The Morgan fingerprint density at radius 2 is 1.59 bits per heavy atom. The van der Waals surface area contributed by atoms with Crippen molar-refractivity contribution >= 4 is 24.8 Å². The summed E-state index contributed by atoms with van der Waals surface area (Å²) in [7, 11) is 0. The lowest BCUT2D eigenvalue weighted by atomic mass is 9.97. The van der Waals surface area contributed by atoms with E-state index in [1.165, 1.54) is 0 Å². The predicted octanol–water partition coefficient (Wildman–Crippen LogP) is 3.69. The van der Waals surface area contributed by atoms with Crippen LogP contribution in [0.3, 0.4) is 0 Å². The van der Waals surface area contributed by atoms with Crippen LogP contribution in [0.5, 0.6) is 0 Å². The zero-order valence-corrected chi connectivity index (χ0v) is 13.8. The first kappa shape index (κ1) is 19.6. The van der Waals surface area contributed by atoms with E-state index in [-0.39, 0.29) is 36.4 Å². The van der Waals surface area contributed by atoms with Gasteiger partial charge in [0.15, 0.2) is 0 Å². The lowest BCUT2D eigenvalue weighted by Crippen LogP contribution is -2.45. The number of hydrogen-bond donors (Lipinski definition) is 1. The number of nitrogens with zero attached hydrogens (tertiary/aromatic N) is 1. The smallest absolute Gasteiger partial charge is 0.133 e. The molecule has 1 heterocycles. The summed E-state index contributed by atoms with van der Waals surface area (Å²) in [5, 5.41) is 3.24. The molecule has 0 radical (unpaired) electrons. The van der Waals surface area contributed by atoms with Gasteiger partial charge < -0.3 is 5.32 Å². The lowest BCUT2D eigenvalue weighted by Gasteiger charge is -2.35. The summed E-state index contributed by atoms with van der Waals surface area (Å²) in [6.45, 7) is 3.19. The highest BCUT2D eigenvalue weighted by atomic mass is 35.5. The molecule has 0 spiro atoms. The van der Waals surface area contributed by atoms with Crippen molar-refractivity contribution in [3.8, 4) is 0 Å². The van der Waals surface area contributed by atoms with E-state index in [2.05, 4.69) is 10.2 Å². The number of halogens is 5. The van der Waals surface area contributed by atoms with Crippen LogP contribution < -0.4 is 5.32 Å². The third-order valence-electron chi connectivity index (χ3n) is 4.22. The SMILES string of the molecule is Cl.Cl.Fc1cc(F)c([C@H](CC2CC2)N2CCNCC2)c(F)c1. The highest BCUT2D eigenvalue weighted by molar-refractivity contribution is 5.85. The maximum Gasteiger partial charge on any atom is 0.133 e. The Hall–Kier alpha value is -0.490. The average Bonchev–Trinajstić information content (AvgIpc) is 3.21. The van der Waals surface area contributed by atoms with Gasteiger partial charge in [0.1, 0.15) is 17.5 Å². The average molecular weight is 357 g/mol. The van der Waals surface area contributed by atoms with E-state index in [1.54, 1.807) is 0 Å². The Kier molecular flexibility index (Phi) is 7.46. The fourth-order valence-electron chi connectivity index (χ4n) is 2.98. The van der Waals surface area contributed by atoms with Crippen LogP contribution in [0.15, 0.2) is 12.1 Å². The van der Waals surface area contributed by atoms with E-state index in [0.717, 1.165) is 57.6 Å². The summed E-state index contributed by atoms with van der Waals surface area (Å²) in [6, 6.07) is 1.31. The topological polar surface area (TPSA) is 15.3 Å². The van der Waals surface area contributed by atoms with Crippen LogP contribution in [-0.4, -0.2) is 31.1 Å². The van der Waals surface area contributed by atoms with Gasteiger partial charge in [-0.3, -0.25) is 4.90 Å². The molecule has 1 aliphatic carbocycles. The van der Waals surface area contributed by atoms with Crippen molar-refractivity contribution in [1.82, 2.24) is 10.2 Å². The second-order valence-electron chi connectivity index (χ2n) is 5.76. The molecule has 0 unspecified atom stereocenters. The van der Waals surface area contributed by atoms with E-state index in [1.807, 2.05) is 0 Å². The second-order valence-corrected chi connectivity index (χ2v) is 5.76. The minimum Gasteiger partial charge on any atom is -0.314 e. The summed E-state index contributed by atoms with van der Waals surface area (Å²) in [6.07, 6.45) is 3.03. The zero-order chi connectivity index (χ0) is 14.1. The van der Waals surface area contributed by atoms with Crippen LogP contribution in [0.2, 0.25) is 0 Å². The van der Waals surface area contributed by atoms with Crippen molar-refractivity contribution in [2.24, 2.45) is 5.92 Å². The largest absolute Gasteiger partial charge is 0.314 e. The summed E-state index contributed by atoms with van der Waals surface area (Å²) in [5.41, 5.74) is 0.0419. The van der Waals surface area contributed by atoms with Crippen LogP contribution in [0, 0.1) is 23.4 Å². The molecule has 1 atom stereocenters. The van der Waals surface area contributed by atoms with E-state index < -0.39 is 17.5 Å². The Morgan fingerprint density at radius 3 is 2.09 bits per heavy atom. The predicted molar refractivity (Wildman–Crippen MR) is 85.3 cm³/mol. The number of hydrogen-bond acceptors (Lipinski definition) is 2. The molecule has 0 aromatic heterocycles. The van der Waals surface area contributed by atoms with Crippen LogP contribution >= 0.6 is 24.8 Å². The third-order valence-corrected chi connectivity index (χ3v) is 4.22. The lowest BCUT2D eigenvalue weighted by molar-refractivity contribution is 0.154. The zero-order valence-electron chi connectivity index (χ0n) is 12.2. The molecule has 2 aliphatic rings. The van der Waals surface area contributed by atoms with Crippen LogP contribution in [0.4, 0.5) is 13.2 Å². The van der Waals surface area contributed by atoms with E-state index >= 15 is 0 Å². The molecule has 2 nitrogen and oxygen atoms in total. The van der Waals surface area contributed by atoms with E-state index in [4.69, 9.17) is 0 Å². The van der Waals surface area contributed by atoms with E-state index in [0.29, 0.717) is 5.92 Å². The molecule has 1 aliphatic heterocycles. The van der Waals surface area contributed by atoms with Crippen molar-refractivity contribution in [2.45, 2.75) is 25.3 Å². The minimum absolute atomic E-state index is 0. The first-order chi connectivity index (χ1) is 9.65. The molecule has 1 aromatic rings. The van der Waals surface area contributed by atoms with Gasteiger partial charge in [-0.25, -0.2) is 13.2 Å². The Balaban J connectivity index is 0.00000121. The van der Waals surface area contributed by atoms with Gasteiger partial charge in [-0.05, 0) is 12.3 Å². The Bertz CT molecular complexity index is 469. The van der Waals surface area contributed by atoms with Gasteiger partial charge in [-0.15, -0.1) is 24.8 Å². The fourth-order valence-corrected chi connectivity index (χ4v) is 2.98. The first-order valence-electron chi connectivity index (χ1n) is 7.24.